The van der Waals surface area contributed by atoms with Crippen LogP contribution in [-0.4, -0.2) is 12.3 Å². The van der Waals surface area contributed by atoms with Gasteiger partial charge in [-0.25, -0.2) is 13.5 Å². The molecule has 0 aliphatic carbocycles. The average Bonchev–Trinajstić information content (AvgIpc) is 1.56. The molecule has 0 spiro atoms. The molecule has 0 saturated carbocycles. The first kappa shape index (κ1) is 10.8. The quantitative estimate of drug-likeness (QED) is 0.514. The summed E-state index contributed by atoms with van der Waals surface area (Å²) in [6.07, 6.45) is -7.62. The third-order valence-corrected chi connectivity index (χ3v) is 1.15. The average molecular weight is 198 g/mol. The van der Waals surface area contributed by atoms with Gasteiger partial charge in [0, 0.05) is 0 Å². The van der Waals surface area contributed by atoms with Crippen molar-refractivity contribution in [1.29, 1.82) is 0 Å². The van der Waals surface area contributed by atoms with Crippen molar-refractivity contribution in [3.05, 3.63) is 0 Å². The van der Waals surface area contributed by atoms with Crippen molar-refractivity contribution in [2.24, 2.45) is 0 Å². The Hall–Kier alpha value is -0.160. The largest absolute Gasteiger partial charge is 0.556 e. The van der Waals surface area contributed by atoms with Crippen LogP contribution in [0.15, 0.2) is 0 Å². The zero-order valence-electron chi connectivity index (χ0n) is 5.23. The molecule has 0 bridgehead atoms. The molecule has 0 heterocycles. The Balaban J connectivity index is 4.25. The summed E-state index contributed by atoms with van der Waals surface area (Å²) in [4.78, 5) is 0. The van der Waals surface area contributed by atoms with Crippen LogP contribution in [0.1, 0.15) is 6.92 Å². The second kappa shape index (κ2) is 3.06. The molecule has 0 aliphatic heterocycles. The highest BCUT2D eigenvalue weighted by atomic mass is 31.2. The number of alkyl halides is 3. The topological polar surface area (TPSA) is 26.3 Å². The molecule has 0 saturated heterocycles. The standard InChI is InChI=1S/C3H4F5O2P/c1-2(4)3(5,6)10-11(7,8)9/h2H,1H3. The molecule has 8 heteroatoms. The van der Waals surface area contributed by atoms with Crippen molar-refractivity contribution >= 4 is 7.99 Å². The predicted octanol–water partition coefficient (Wildman–Crippen LogP) is 3.00. The first-order valence-electron chi connectivity index (χ1n) is 2.37. The maximum Gasteiger partial charge on any atom is 0.556 e. The van der Waals surface area contributed by atoms with Crippen molar-refractivity contribution in [2.45, 2.75) is 19.2 Å². The number of hydrogen-bond acceptors (Lipinski definition) is 2. The molecule has 0 aromatic carbocycles. The monoisotopic (exact) mass is 198 g/mol. The number of hydrogen-bond donors (Lipinski definition) is 0. The Morgan fingerprint density at radius 3 is 1.91 bits per heavy atom. The normalized spacial score (nSPS) is 16.5. The van der Waals surface area contributed by atoms with Gasteiger partial charge in [0.2, 0.25) is 0 Å². The fraction of sp³-hybridized carbons (Fsp3) is 1.00. The lowest BCUT2D eigenvalue weighted by Crippen LogP contribution is -2.28. The SMILES string of the molecule is CC(F)C(F)(F)OP(=O)(F)F. The minimum atomic E-state index is -6.33. The molecule has 0 aliphatic rings. The number of halogens is 5. The van der Waals surface area contributed by atoms with E-state index in [9.17, 15) is 26.1 Å². The van der Waals surface area contributed by atoms with E-state index in [-0.39, 0.29) is 0 Å². The molecule has 0 aromatic heterocycles. The van der Waals surface area contributed by atoms with E-state index in [0.29, 0.717) is 6.92 Å². The highest BCUT2D eigenvalue weighted by Crippen LogP contribution is 2.55. The highest BCUT2D eigenvalue weighted by Gasteiger charge is 2.46. The maximum atomic E-state index is 11.8. The third-order valence-electron chi connectivity index (χ3n) is 0.691. The van der Waals surface area contributed by atoms with Crippen LogP contribution in [0.2, 0.25) is 0 Å². The van der Waals surface area contributed by atoms with Gasteiger partial charge in [0.05, 0.1) is 0 Å². The molecular weight excluding hydrogens is 194 g/mol. The Kier molecular flexibility index (Phi) is 3.02. The highest BCUT2D eigenvalue weighted by molar-refractivity contribution is 7.47. The van der Waals surface area contributed by atoms with E-state index in [1.165, 1.54) is 0 Å². The van der Waals surface area contributed by atoms with Crippen LogP contribution in [0.5, 0.6) is 0 Å². The van der Waals surface area contributed by atoms with Crippen LogP contribution in [0.25, 0.3) is 0 Å². The van der Waals surface area contributed by atoms with Crippen molar-refractivity contribution < 1.29 is 30.7 Å². The summed E-state index contributed by atoms with van der Waals surface area (Å²) in [7, 11) is -6.33. The minimum Gasteiger partial charge on any atom is -0.238 e. The van der Waals surface area contributed by atoms with Crippen LogP contribution >= 0.6 is 7.99 Å². The van der Waals surface area contributed by atoms with Crippen LogP contribution in [0, 0.1) is 0 Å². The fourth-order valence-corrected chi connectivity index (χ4v) is 0.643. The summed E-state index contributed by atoms with van der Waals surface area (Å²) in [5.74, 6) is 0. The van der Waals surface area contributed by atoms with Gasteiger partial charge in [0.15, 0.2) is 6.17 Å². The molecule has 68 valence electrons. The first-order valence-corrected chi connectivity index (χ1v) is 3.78. The Morgan fingerprint density at radius 2 is 1.82 bits per heavy atom. The lowest BCUT2D eigenvalue weighted by molar-refractivity contribution is -0.219. The lowest BCUT2D eigenvalue weighted by atomic mass is 10.4. The first-order chi connectivity index (χ1) is 4.65. The second-order valence-corrected chi connectivity index (χ2v) is 2.70. The van der Waals surface area contributed by atoms with Crippen LogP contribution in [0.3, 0.4) is 0 Å². The summed E-state index contributed by atoms with van der Waals surface area (Å²) >= 11 is 0. The minimum absolute atomic E-state index is 0.315. The van der Waals surface area contributed by atoms with E-state index < -0.39 is 20.3 Å². The summed E-state index contributed by atoms with van der Waals surface area (Å²) in [6.45, 7) is 0.315. The van der Waals surface area contributed by atoms with Gasteiger partial charge in [0.1, 0.15) is 0 Å². The van der Waals surface area contributed by atoms with Gasteiger partial charge in [-0.3, -0.25) is 0 Å². The van der Waals surface area contributed by atoms with Gasteiger partial charge < -0.3 is 0 Å². The molecule has 0 amide bonds. The smallest absolute Gasteiger partial charge is 0.238 e. The van der Waals surface area contributed by atoms with Gasteiger partial charge in [-0.1, -0.05) is 0 Å². The molecule has 11 heavy (non-hydrogen) atoms. The fourth-order valence-electron chi connectivity index (χ4n) is 0.214. The number of rotatable bonds is 3. The van der Waals surface area contributed by atoms with Crippen molar-refractivity contribution in [2.75, 3.05) is 0 Å². The molecule has 0 radical (unpaired) electrons. The van der Waals surface area contributed by atoms with Crippen molar-refractivity contribution in [3.8, 4) is 0 Å². The maximum absolute atomic E-state index is 11.8. The summed E-state index contributed by atoms with van der Waals surface area (Å²) in [5.41, 5.74) is 0. The third kappa shape index (κ3) is 4.31. The van der Waals surface area contributed by atoms with Crippen LogP contribution in [0.4, 0.5) is 21.6 Å². The molecule has 2 nitrogen and oxygen atoms in total. The Labute approximate surface area is 59.0 Å². The van der Waals surface area contributed by atoms with Crippen molar-refractivity contribution in [3.63, 3.8) is 0 Å². The van der Waals surface area contributed by atoms with Gasteiger partial charge in [0.25, 0.3) is 0 Å². The summed E-state index contributed by atoms with van der Waals surface area (Å²) in [5, 5.41) is 0. The summed E-state index contributed by atoms with van der Waals surface area (Å²) < 4.78 is 69.5. The van der Waals surface area contributed by atoms with E-state index in [0.717, 1.165) is 0 Å². The zero-order valence-corrected chi connectivity index (χ0v) is 6.13. The molecule has 1 atom stereocenters. The van der Waals surface area contributed by atoms with Crippen LogP contribution in [-0.2, 0) is 9.09 Å². The van der Waals surface area contributed by atoms with Gasteiger partial charge in [-0.05, 0) is 6.92 Å². The van der Waals surface area contributed by atoms with E-state index in [1.807, 2.05) is 0 Å². The molecular formula is C3H4F5O2P. The predicted molar refractivity (Wildman–Crippen MR) is 26.4 cm³/mol. The van der Waals surface area contributed by atoms with Crippen molar-refractivity contribution in [1.82, 2.24) is 0 Å². The molecule has 0 fully saturated rings. The van der Waals surface area contributed by atoms with E-state index in [4.69, 9.17) is 0 Å². The van der Waals surface area contributed by atoms with Gasteiger partial charge >= 0.3 is 14.1 Å². The van der Waals surface area contributed by atoms with Crippen LogP contribution < -0.4 is 0 Å². The van der Waals surface area contributed by atoms with Gasteiger partial charge in [-0.15, -0.1) is 8.39 Å². The Bertz CT molecular complexity index is 175. The Morgan fingerprint density at radius 1 is 1.45 bits per heavy atom. The molecule has 0 rings (SSSR count). The molecule has 0 N–H and O–H groups in total. The molecule has 0 aromatic rings. The second-order valence-electron chi connectivity index (χ2n) is 1.68. The van der Waals surface area contributed by atoms with Gasteiger partial charge in [-0.2, -0.15) is 8.78 Å². The molecule has 1 unspecified atom stereocenters. The summed E-state index contributed by atoms with van der Waals surface area (Å²) in [6, 6.07) is 0. The van der Waals surface area contributed by atoms with E-state index in [1.54, 1.807) is 0 Å². The van der Waals surface area contributed by atoms with E-state index in [2.05, 4.69) is 4.52 Å². The lowest BCUT2D eigenvalue weighted by Gasteiger charge is -2.15. The van der Waals surface area contributed by atoms with E-state index >= 15 is 0 Å². The zero-order chi connectivity index (χ0) is 9.28.